The number of sulfonamides is 1. The second-order valence-electron chi connectivity index (χ2n) is 11.6. The summed E-state index contributed by atoms with van der Waals surface area (Å²) in [4.78, 5) is 30.3. The average molecular weight is 758 g/mol. The lowest BCUT2D eigenvalue weighted by atomic mass is 9.94. The van der Waals surface area contributed by atoms with Crippen molar-refractivity contribution < 1.29 is 18.0 Å². The quantitative estimate of drug-likeness (QED) is 0.159. The van der Waals surface area contributed by atoms with Crippen LogP contribution in [0.3, 0.4) is 0 Å². The normalized spacial score (nSPS) is 14.3. The maximum absolute atomic E-state index is 14.6. The van der Waals surface area contributed by atoms with Crippen LogP contribution in [-0.2, 0) is 32.6 Å². The summed E-state index contributed by atoms with van der Waals surface area (Å²) in [5.41, 5.74) is 1.79. The topological polar surface area (TPSA) is 86.8 Å². The molecular weight excluding hydrogens is 721 g/mol. The summed E-state index contributed by atoms with van der Waals surface area (Å²) in [6, 6.07) is 28.4. The van der Waals surface area contributed by atoms with E-state index < -0.39 is 28.5 Å². The standard InChI is InChI=1S/C36H36BrCl2N3O4S/c37-28-18-16-27(17-19-28)24-41(34(20-26-10-4-1-5-11-26)36(44)40-31-12-6-2-7-13-31)35(43)25-42(32-22-29(38)21-30(39)23-32)47(45,46)33-14-8-3-9-15-33/h1,3-5,8-11,14-19,21-23,31,34H,2,6-7,12-13,20,24-25H2,(H,40,44). The minimum Gasteiger partial charge on any atom is -0.352 e. The molecule has 0 bridgehead atoms. The van der Waals surface area contributed by atoms with E-state index in [1.54, 1.807) is 18.2 Å². The van der Waals surface area contributed by atoms with Crippen LogP contribution >= 0.6 is 39.1 Å². The van der Waals surface area contributed by atoms with E-state index in [0.717, 1.165) is 52.0 Å². The zero-order valence-electron chi connectivity index (χ0n) is 25.7. The fourth-order valence-corrected chi connectivity index (χ4v) is 8.01. The van der Waals surface area contributed by atoms with Gasteiger partial charge in [0.15, 0.2) is 0 Å². The Morgan fingerprint density at radius 1 is 0.809 bits per heavy atom. The van der Waals surface area contributed by atoms with Crippen LogP contribution in [0.4, 0.5) is 5.69 Å². The Hall–Kier alpha value is -3.37. The lowest BCUT2D eigenvalue weighted by Crippen LogP contribution is -2.55. The Morgan fingerprint density at radius 3 is 2.02 bits per heavy atom. The second kappa shape index (κ2) is 16.2. The lowest BCUT2D eigenvalue weighted by Gasteiger charge is -2.35. The summed E-state index contributed by atoms with van der Waals surface area (Å²) < 4.78 is 30.2. The highest BCUT2D eigenvalue weighted by Crippen LogP contribution is 2.30. The first kappa shape index (κ1) is 35.0. The molecule has 2 amide bonds. The van der Waals surface area contributed by atoms with Gasteiger partial charge in [0, 0.05) is 33.5 Å². The number of hydrogen-bond donors (Lipinski definition) is 1. The van der Waals surface area contributed by atoms with Gasteiger partial charge in [-0.05, 0) is 66.4 Å². The molecule has 0 aliphatic heterocycles. The molecule has 0 spiro atoms. The van der Waals surface area contributed by atoms with Crippen molar-refractivity contribution in [3.05, 3.63) is 129 Å². The second-order valence-corrected chi connectivity index (χ2v) is 15.3. The molecule has 1 saturated carbocycles. The molecule has 0 saturated heterocycles. The lowest BCUT2D eigenvalue weighted by molar-refractivity contribution is -0.140. The number of rotatable bonds is 12. The van der Waals surface area contributed by atoms with Gasteiger partial charge >= 0.3 is 0 Å². The molecule has 1 unspecified atom stereocenters. The molecule has 1 fully saturated rings. The number of hydrogen-bond acceptors (Lipinski definition) is 4. The number of amides is 2. The zero-order chi connectivity index (χ0) is 33.4. The van der Waals surface area contributed by atoms with E-state index in [1.165, 1.54) is 35.2 Å². The van der Waals surface area contributed by atoms with E-state index in [9.17, 15) is 18.0 Å². The molecule has 1 atom stereocenters. The van der Waals surface area contributed by atoms with Gasteiger partial charge in [-0.2, -0.15) is 0 Å². The summed E-state index contributed by atoms with van der Waals surface area (Å²) in [7, 11) is -4.26. The Bertz CT molecular complexity index is 1750. The largest absolute Gasteiger partial charge is 0.352 e. The monoisotopic (exact) mass is 755 g/mol. The van der Waals surface area contributed by atoms with Gasteiger partial charge in [-0.1, -0.05) is 119 Å². The molecule has 1 aliphatic rings. The molecule has 0 radical (unpaired) electrons. The van der Waals surface area contributed by atoms with E-state index in [2.05, 4.69) is 21.2 Å². The van der Waals surface area contributed by atoms with Crippen LogP contribution in [0.5, 0.6) is 0 Å². The van der Waals surface area contributed by atoms with Crippen LogP contribution in [0.2, 0.25) is 10.0 Å². The number of carbonyl (C=O) groups excluding carboxylic acids is 2. The van der Waals surface area contributed by atoms with Gasteiger partial charge in [0.25, 0.3) is 10.0 Å². The molecule has 7 nitrogen and oxygen atoms in total. The van der Waals surface area contributed by atoms with Crippen molar-refractivity contribution >= 4 is 66.7 Å². The third-order valence-corrected chi connectivity index (χ3v) is 11.0. The predicted molar refractivity (Wildman–Crippen MR) is 191 cm³/mol. The van der Waals surface area contributed by atoms with Crippen LogP contribution in [-0.4, -0.2) is 43.8 Å². The van der Waals surface area contributed by atoms with Gasteiger partial charge in [-0.15, -0.1) is 0 Å². The van der Waals surface area contributed by atoms with Crippen molar-refractivity contribution in [3.8, 4) is 0 Å². The summed E-state index contributed by atoms with van der Waals surface area (Å²) in [5, 5.41) is 3.65. The minimum absolute atomic E-state index is 0.000709. The predicted octanol–water partition coefficient (Wildman–Crippen LogP) is 8.04. The van der Waals surface area contributed by atoms with Crippen molar-refractivity contribution in [3.63, 3.8) is 0 Å². The summed E-state index contributed by atoms with van der Waals surface area (Å²) in [6.07, 6.45) is 5.20. The fraction of sp³-hybridized carbons (Fsp3) is 0.278. The van der Waals surface area contributed by atoms with Gasteiger partial charge in [-0.3, -0.25) is 13.9 Å². The van der Waals surface area contributed by atoms with Crippen molar-refractivity contribution in [2.24, 2.45) is 0 Å². The summed E-state index contributed by atoms with van der Waals surface area (Å²) in [6.45, 7) is -0.510. The van der Waals surface area contributed by atoms with E-state index in [0.29, 0.717) is 0 Å². The molecule has 4 aromatic carbocycles. The smallest absolute Gasteiger partial charge is 0.264 e. The van der Waals surface area contributed by atoms with Crippen LogP contribution in [0.15, 0.2) is 112 Å². The zero-order valence-corrected chi connectivity index (χ0v) is 29.6. The Morgan fingerprint density at radius 2 is 1.40 bits per heavy atom. The molecule has 5 rings (SSSR count). The Labute approximate surface area is 295 Å². The molecule has 0 aromatic heterocycles. The van der Waals surface area contributed by atoms with Crippen molar-refractivity contribution in [1.29, 1.82) is 0 Å². The van der Waals surface area contributed by atoms with Gasteiger partial charge < -0.3 is 10.2 Å². The highest BCUT2D eigenvalue weighted by atomic mass is 79.9. The molecule has 1 N–H and O–H groups in total. The number of carbonyl (C=O) groups is 2. The molecular formula is C36H36BrCl2N3O4S. The van der Waals surface area contributed by atoms with Crippen LogP contribution in [0.25, 0.3) is 0 Å². The average Bonchev–Trinajstić information content (AvgIpc) is 3.06. The third-order valence-electron chi connectivity index (χ3n) is 8.23. The number of halogens is 3. The molecule has 47 heavy (non-hydrogen) atoms. The summed E-state index contributed by atoms with van der Waals surface area (Å²) in [5.74, 6) is -0.822. The van der Waals surface area contributed by atoms with Crippen LogP contribution < -0.4 is 9.62 Å². The van der Waals surface area contributed by atoms with Crippen molar-refractivity contribution in [2.75, 3.05) is 10.8 Å². The molecule has 0 heterocycles. The minimum atomic E-state index is -4.26. The third kappa shape index (κ3) is 9.38. The number of benzene rings is 4. The first-order valence-corrected chi connectivity index (χ1v) is 18.5. The Balaban J connectivity index is 1.57. The Kier molecular flexibility index (Phi) is 12.0. The SMILES string of the molecule is O=C(NC1CCCCC1)C(Cc1ccccc1)N(Cc1ccc(Br)cc1)C(=O)CN(c1cc(Cl)cc(Cl)c1)S(=O)(=O)c1ccccc1. The number of nitrogens with zero attached hydrogens (tertiary/aromatic N) is 2. The van der Waals surface area contributed by atoms with Gasteiger partial charge in [0.05, 0.1) is 10.6 Å². The fourth-order valence-electron chi connectivity index (χ4n) is 5.82. The van der Waals surface area contributed by atoms with Crippen LogP contribution in [0, 0.1) is 0 Å². The van der Waals surface area contributed by atoms with E-state index in [-0.39, 0.29) is 45.5 Å². The molecule has 246 valence electrons. The van der Waals surface area contributed by atoms with Crippen LogP contribution in [0.1, 0.15) is 43.2 Å². The highest BCUT2D eigenvalue weighted by Gasteiger charge is 2.35. The van der Waals surface area contributed by atoms with E-state index in [1.807, 2.05) is 54.6 Å². The highest BCUT2D eigenvalue weighted by molar-refractivity contribution is 9.10. The summed E-state index contributed by atoms with van der Waals surface area (Å²) >= 11 is 16.1. The number of nitrogens with one attached hydrogen (secondary N) is 1. The maximum Gasteiger partial charge on any atom is 0.264 e. The molecule has 1 aliphatic carbocycles. The molecule has 11 heteroatoms. The van der Waals surface area contributed by atoms with E-state index >= 15 is 0 Å². The van der Waals surface area contributed by atoms with Crippen molar-refractivity contribution in [2.45, 2.75) is 62.0 Å². The van der Waals surface area contributed by atoms with Gasteiger partial charge in [0.2, 0.25) is 11.8 Å². The van der Waals surface area contributed by atoms with Gasteiger partial charge in [0.1, 0.15) is 12.6 Å². The first-order chi connectivity index (χ1) is 22.6. The first-order valence-electron chi connectivity index (χ1n) is 15.5. The van der Waals surface area contributed by atoms with E-state index in [4.69, 9.17) is 23.2 Å². The number of anilines is 1. The maximum atomic E-state index is 14.6. The van der Waals surface area contributed by atoms with Gasteiger partial charge in [-0.25, -0.2) is 8.42 Å². The van der Waals surface area contributed by atoms with Crippen molar-refractivity contribution in [1.82, 2.24) is 10.2 Å². The molecule has 4 aromatic rings.